The van der Waals surface area contributed by atoms with Crippen molar-refractivity contribution in [3.8, 4) is 0 Å². The van der Waals surface area contributed by atoms with Crippen LogP contribution in [0.15, 0.2) is 101 Å². The predicted molar refractivity (Wildman–Crippen MR) is 133 cm³/mol. The van der Waals surface area contributed by atoms with Crippen LogP contribution >= 0.6 is 0 Å². The highest BCUT2D eigenvalue weighted by atomic mass is 16.5. The summed E-state index contributed by atoms with van der Waals surface area (Å²) < 4.78 is 12.5. The lowest BCUT2D eigenvalue weighted by atomic mass is 9.82. The number of hydrogen-bond acceptors (Lipinski definition) is 4. The molecule has 0 radical (unpaired) electrons. The summed E-state index contributed by atoms with van der Waals surface area (Å²) >= 11 is 0. The van der Waals surface area contributed by atoms with Crippen LogP contribution in [0.3, 0.4) is 0 Å². The van der Waals surface area contributed by atoms with Crippen molar-refractivity contribution in [1.29, 1.82) is 0 Å². The molecule has 4 nitrogen and oxygen atoms in total. The Kier molecular flexibility index (Phi) is 6.25. The minimum absolute atomic E-state index is 0.111. The van der Waals surface area contributed by atoms with Crippen molar-refractivity contribution in [2.75, 3.05) is 13.2 Å². The van der Waals surface area contributed by atoms with Crippen molar-refractivity contribution in [2.24, 2.45) is 15.4 Å². The molecule has 5 rings (SSSR count). The Morgan fingerprint density at radius 1 is 0.636 bits per heavy atom. The van der Waals surface area contributed by atoms with E-state index in [2.05, 4.69) is 79.7 Å². The highest BCUT2D eigenvalue weighted by Crippen LogP contribution is 2.34. The van der Waals surface area contributed by atoms with Gasteiger partial charge in [0.2, 0.25) is 0 Å². The fourth-order valence-corrected chi connectivity index (χ4v) is 4.66. The zero-order chi connectivity index (χ0) is 22.5. The maximum atomic E-state index is 6.23. The molecule has 2 heterocycles. The summed E-state index contributed by atoms with van der Waals surface area (Å²) in [7, 11) is 0. The van der Waals surface area contributed by atoms with E-state index >= 15 is 0 Å². The van der Waals surface area contributed by atoms with E-state index in [4.69, 9.17) is 19.5 Å². The summed E-state index contributed by atoms with van der Waals surface area (Å²) in [6, 6.07) is 31.7. The summed E-state index contributed by atoms with van der Waals surface area (Å²) in [5.41, 5.74) is 3.24. The first kappa shape index (κ1) is 21.4. The normalized spacial score (nSPS) is 21.5. The quantitative estimate of drug-likeness (QED) is 0.478. The molecule has 168 valence electrons. The molecule has 2 atom stereocenters. The molecule has 0 saturated heterocycles. The van der Waals surface area contributed by atoms with Crippen molar-refractivity contribution in [1.82, 2.24) is 0 Å². The van der Waals surface area contributed by atoms with Crippen molar-refractivity contribution in [3.05, 3.63) is 108 Å². The van der Waals surface area contributed by atoms with Crippen molar-refractivity contribution in [2.45, 2.75) is 38.3 Å². The molecule has 0 saturated carbocycles. The van der Waals surface area contributed by atoms with E-state index in [1.807, 2.05) is 18.2 Å². The first-order valence-electron chi connectivity index (χ1n) is 11.7. The van der Waals surface area contributed by atoms with Gasteiger partial charge in [-0.1, -0.05) is 91.0 Å². The molecule has 2 aliphatic rings. The molecule has 0 fully saturated rings. The first-order valence-corrected chi connectivity index (χ1v) is 11.7. The second kappa shape index (κ2) is 9.62. The monoisotopic (exact) mass is 438 g/mol. The molecule has 0 aliphatic carbocycles. The van der Waals surface area contributed by atoms with Gasteiger partial charge in [-0.05, 0) is 42.9 Å². The average Bonchev–Trinajstić information content (AvgIpc) is 3.52. The molecule has 0 amide bonds. The Labute approximate surface area is 196 Å². The second-order valence-electron chi connectivity index (χ2n) is 9.17. The molecule has 0 N–H and O–H groups in total. The summed E-state index contributed by atoms with van der Waals surface area (Å²) in [4.78, 5) is 10.1. The van der Waals surface area contributed by atoms with E-state index in [1.165, 1.54) is 16.7 Å². The number of aliphatic imine (C=N–C) groups is 2. The van der Waals surface area contributed by atoms with Gasteiger partial charge in [0.05, 0.1) is 12.1 Å². The highest BCUT2D eigenvalue weighted by Gasteiger charge is 2.45. The fourth-order valence-electron chi connectivity index (χ4n) is 4.66. The van der Waals surface area contributed by atoms with Gasteiger partial charge in [-0.2, -0.15) is 0 Å². The molecule has 4 heteroatoms. The number of nitrogens with zero attached hydrogens (tertiary/aromatic N) is 2. The topological polar surface area (TPSA) is 43.2 Å². The Bertz CT molecular complexity index is 1040. The lowest BCUT2D eigenvalue weighted by molar-refractivity contribution is 0.256. The van der Waals surface area contributed by atoms with Gasteiger partial charge in [0.15, 0.2) is 11.8 Å². The molecule has 3 aromatic rings. The average molecular weight is 439 g/mol. The van der Waals surface area contributed by atoms with Gasteiger partial charge >= 0.3 is 0 Å². The van der Waals surface area contributed by atoms with Crippen LogP contribution in [0.25, 0.3) is 0 Å². The summed E-state index contributed by atoms with van der Waals surface area (Å²) in [6.45, 7) is 3.35. The van der Waals surface area contributed by atoms with Gasteiger partial charge in [-0.15, -0.1) is 0 Å². The standard InChI is InChI=1S/C29H30N2O2/c1-29(19-24-15-9-4-10-16-24,27-30-25(20-32-27)17-22-11-5-2-6-12-22)28-31-26(21-33-28)18-23-13-7-3-8-14-23/h2-16,25-26H,17-21H2,1H3. The van der Waals surface area contributed by atoms with Gasteiger partial charge in [0.25, 0.3) is 0 Å². The van der Waals surface area contributed by atoms with Crippen LogP contribution in [-0.4, -0.2) is 37.1 Å². The summed E-state index contributed by atoms with van der Waals surface area (Å²) in [5.74, 6) is 1.48. The van der Waals surface area contributed by atoms with Crippen LogP contribution in [0, 0.1) is 5.41 Å². The number of hydrogen-bond donors (Lipinski definition) is 0. The second-order valence-corrected chi connectivity index (χ2v) is 9.17. The van der Waals surface area contributed by atoms with Crippen molar-refractivity contribution < 1.29 is 9.47 Å². The minimum Gasteiger partial charge on any atom is -0.478 e. The number of benzene rings is 3. The van der Waals surface area contributed by atoms with E-state index < -0.39 is 5.41 Å². The number of rotatable bonds is 8. The van der Waals surface area contributed by atoms with E-state index in [-0.39, 0.29) is 12.1 Å². The van der Waals surface area contributed by atoms with Crippen molar-refractivity contribution in [3.63, 3.8) is 0 Å². The Balaban J connectivity index is 1.40. The van der Waals surface area contributed by atoms with Gasteiger partial charge in [0.1, 0.15) is 18.6 Å². The Hall–Kier alpha value is -3.40. The third kappa shape index (κ3) is 5.00. The van der Waals surface area contributed by atoms with E-state index in [1.54, 1.807) is 0 Å². The van der Waals surface area contributed by atoms with Gasteiger partial charge in [-0.25, -0.2) is 9.98 Å². The minimum atomic E-state index is -0.530. The third-order valence-corrected chi connectivity index (χ3v) is 6.40. The predicted octanol–water partition coefficient (Wildman–Crippen LogP) is 5.32. The molecule has 3 aromatic carbocycles. The Morgan fingerprint density at radius 2 is 1.03 bits per heavy atom. The van der Waals surface area contributed by atoms with Crippen LogP contribution in [0.2, 0.25) is 0 Å². The van der Waals surface area contributed by atoms with Crippen LogP contribution in [0.5, 0.6) is 0 Å². The van der Waals surface area contributed by atoms with Crippen LogP contribution < -0.4 is 0 Å². The summed E-state index contributed by atoms with van der Waals surface area (Å²) in [6.07, 6.45) is 2.48. The number of ether oxygens (including phenoxy) is 2. The van der Waals surface area contributed by atoms with Crippen molar-refractivity contribution >= 4 is 11.8 Å². The van der Waals surface area contributed by atoms with E-state index in [0.717, 1.165) is 31.1 Å². The molecule has 0 spiro atoms. The lowest BCUT2D eigenvalue weighted by Gasteiger charge is -2.28. The molecule has 0 bridgehead atoms. The molecule has 2 aliphatic heterocycles. The van der Waals surface area contributed by atoms with Crippen LogP contribution in [0.4, 0.5) is 0 Å². The maximum absolute atomic E-state index is 6.23. The van der Waals surface area contributed by atoms with Gasteiger partial charge < -0.3 is 9.47 Å². The fraction of sp³-hybridized carbons (Fsp3) is 0.310. The van der Waals surface area contributed by atoms with E-state index in [0.29, 0.717) is 13.2 Å². The molecular formula is C29H30N2O2. The largest absolute Gasteiger partial charge is 0.478 e. The van der Waals surface area contributed by atoms with E-state index in [9.17, 15) is 0 Å². The zero-order valence-electron chi connectivity index (χ0n) is 19.1. The molecule has 33 heavy (non-hydrogen) atoms. The molecule has 0 aromatic heterocycles. The molecular weight excluding hydrogens is 408 g/mol. The SMILES string of the molecule is CC(Cc1ccccc1)(C1=NC(Cc2ccccc2)CO1)C1=NC(Cc2ccccc2)CO1. The Morgan fingerprint density at radius 3 is 1.45 bits per heavy atom. The maximum Gasteiger partial charge on any atom is 0.199 e. The van der Waals surface area contributed by atoms with Gasteiger partial charge in [-0.3, -0.25) is 0 Å². The third-order valence-electron chi connectivity index (χ3n) is 6.40. The summed E-state index contributed by atoms with van der Waals surface area (Å²) in [5, 5.41) is 0. The van der Waals surface area contributed by atoms with Gasteiger partial charge in [0, 0.05) is 0 Å². The van der Waals surface area contributed by atoms with Crippen LogP contribution in [0.1, 0.15) is 23.6 Å². The molecule has 2 unspecified atom stereocenters. The highest BCUT2D eigenvalue weighted by molar-refractivity contribution is 6.06. The van der Waals surface area contributed by atoms with Crippen LogP contribution in [-0.2, 0) is 28.7 Å². The lowest BCUT2D eigenvalue weighted by Crippen LogP contribution is -2.39. The smallest absolute Gasteiger partial charge is 0.199 e. The first-order chi connectivity index (χ1) is 16.2. The zero-order valence-corrected chi connectivity index (χ0v) is 19.1.